The Morgan fingerprint density at radius 1 is 0.974 bits per heavy atom. The quantitative estimate of drug-likeness (QED) is 0.387. The van der Waals surface area contributed by atoms with Gasteiger partial charge in [-0.15, -0.1) is 0 Å². The number of benzene rings is 2. The number of hydrogen-bond donors (Lipinski definition) is 1. The van der Waals surface area contributed by atoms with Gasteiger partial charge in [0.1, 0.15) is 12.6 Å². The molecule has 7 nitrogen and oxygen atoms in total. The van der Waals surface area contributed by atoms with Crippen molar-refractivity contribution < 1.29 is 18.0 Å². The summed E-state index contributed by atoms with van der Waals surface area (Å²) in [4.78, 5) is 28.4. The fourth-order valence-electron chi connectivity index (χ4n) is 4.63. The van der Waals surface area contributed by atoms with Crippen molar-refractivity contribution in [2.24, 2.45) is 0 Å². The zero-order chi connectivity index (χ0) is 28.0. The second kappa shape index (κ2) is 13.2. The standard InChI is InChI=1S/C28H37Cl2N3O4S/c1-19(2)22-11-13-24(14-12-22)33(38(4,36)37)18-27(34)32(17-21-10-15-25(29)26(30)16-21)20(3)28(35)31-23-8-6-5-7-9-23/h10-16,19-20,23H,5-9,17-18H2,1-4H3,(H,31,35). The molecular formula is C28H37Cl2N3O4S. The topological polar surface area (TPSA) is 86.8 Å². The maximum absolute atomic E-state index is 13.7. The molecule has 10 heteroatoms. The molecule has 0 spiro atoms. The van der Waals surface area contributed by atoms with Gasteiger partial charge in [-0.2, -0.15) is 0 Å². The van der Waals surface area contributed by atoms with Crippen molar-refractivity contribution in [3.8, 4) is 0 Å². The molecule has 2 aromatic rings. The molecule has 0 aromatic heterocycles. The van der Waals surface area contributed by atoms with Crippen LogP contribution in [0.4, 0.5) is 5.69 Å². The third-order valence-electron chi connectivity index (χ3n) is 6.98. The van der Waals surface area contributed by atoms with E-state index in [4.69, 9.17) is 23.2 Å². The highest BCUT2D eigenvalue weighted by atomic mass is 35.5. The van der Waals surface area contributed by atoms with Gasteiger partial charge in [-0.25, -0.2) is 8.42 Å². The number of anilines is 1. The minimum atomic E-state index is -3.79. The van der Waals surface area contributed by atoms with E-state index in [1.165, 1.54) is 4.90 Å². The van der Waals surface area contributed by atoms with Crippen molar-refractivity contribution in [2.75, 3.05) is 17.1 Å². The van der Waals surface area contributed by atoms with E-state index < -0.39 is 28.5 Å². The second-order valence-corrected chi connectivity index (χ2v) is 13.0. The van der Waals surface area contributed by atoms with E-state index >= 15 is 0 Å². The fourth-order valence-corrected chi connectivity index (χ4v) is 5.80. The highest BCUT2D eigenvalue weighted by Gasteiger charge is 2.31. The lowest BCUT2D eigenvalue weighted by molar-refractivity contribution is -0.139. The summed E-state index contributed by atoms with van der Waals surface area (Å²) >= 11 is 12.3. The number of rotatable bonds is 10. The number of nitrogens with one attached hydrogen (secondary N) is 1. The number of nitrogens with zero attached hydrogens (tertiary/aromatic N) is 2. The summed E-state index contributed by atoms with van der Waals surface area (Å²) in [5.74, 6) is -0.485. The SMILES string of the molecule is CC(C)c1ccc(N(CC(=O)N(Cc2ccc(Cl)c(Cl)c2)C(C)C(=O)NC2CCCCC2)S(C)(=O)=O)cc1. The van der Waals surface area contributed by atoms with E-state index in [1.807, 2.05) is 26.0 Å². The Balaban J connectivity index is 1.88. The van der Waals surface area contributed by atoms with E-state index in [1.54, 1.807) is 37.3 Å². The molecule has 1 atom stereocenters. The Morgan fingerprint density at radius 2 is 1.61 bits per heavy atom. The van der Waals surface area contributed by atoms with Crippen LogP contribution < -0.4 is 9.62 Å². The normalized spacial score (nSPS) is 15.2. The largest absolute Gasteiger partial charge is 0.352 e. The molecule has 1 fully saturated rings. The highest BCUT2D eigenvalue weighted by Crippen LogP contribution is 2.26. The third-order valence-corrected chi connectivity index (χ3v) is 8.86. The molecule has 1 saturated carbocycles. The molecule has 2 aromatic carbocycles. The fraction of sp³-hybridized carbons (Fsp3) is 0.500. The van der Waals surface area contributed by atoms with Crippen LogP contribution in [0.1, 0.15) is 69.9 Å². The van der Waals surface area contributed by atoms with Crippen LogP contribution >= 0.6 is 23.2 Å². The summed E-state index contributed by atoms with van der Waals surface area (Å²) in [6.45, 7) is 5.39. The maximum Gasteiger partial charge on any atom is 0.244 e. The molecule has 0 aliphatic heterocycles. The van der Waals surface area contributed by atoms with Crippen molar-refractivity contribution in [3.63, 3.8) is 0 Å². The molecule has 0 radical (unpaired) electrons. The van der Waals surface area contributed by atoms with E-state index in [-0.39, 0.29) is 24.4 Å². The monoisotopic (exact) mass is 581 g/mol. The van der Waals surface area contributed by atoms with Gasteiger partial charge in [0.2, 0.25) is 21.8 Å². The molecule has 1 unspecified atom stereocenters. The van der Waals surface area contributed by atoms with Crippen LogP contribution in [0.3, 0.4) is 0 Å². The van der Waals surface area contributed by atoms with Gasteiger partial charge in [0, 0.05) is 12.6 Å². The Hall–Kier alpha value is -2.29. The van der Waals surface area contributed by atoms with Crippen molar-refractivity contribution in [1.29, 1.82) is 0 Å². The molecule has 0 saturated heterocycles. The predicted octanol–water partition coefficient (Wildman–Crippen LogP) is 5.75. The Labute approximate surface area is 236 Å². The molecule has 208 valence electrons. The second-order valence-electron chi connectivity index (χ2n) is 10.3. The molecule has 2 amide bonds. The molecule has 38 heavy (non-hydrogen) atoms. The minimum absolute atomic E-state index is 0.0683. The van der Waals surface area contributed by atoms with E-state index in [9.17, 15) is 18.0 Å². The Morgan fingerprint density at radius 3 is 2.16 bits per heavy atom. The first-order valence-corrected chi connectivity index (χ1v) is 15.6. The van der Waals surface area contributed by atoms with E-state index in [0.29, 0.717) is 21.3 Å². The summed E-state index contributed by atoms with van der Waals surface area (Å²) in [5.41, 5.74) is 2.12. The minimum Gasteiger partial charge on any atom is -0.352 e. The third kappa shape index (κ3) is 8.10. The highest BCUT2D eigenvalue weighted by molar-refractivity contribution is 7.92. The number of amides is 2. The summed E-state index contributed by atoms with van der Waals surface area (Å²) in [6.07, 6.45) is 6.16. The molecule has 0 bridgehead atoms. The van der Waals surface area contributed by atoms with Gasteiger partial charge < -0.3 is 10.2 Å². The zero-order valence-corrected chi connectivity index (χ0v) is 24.7. The zero-order valence-electron chi connectivity index (χ0n) is 22.4. The molecule has 1 N–H and O–H groups in total. The smallest absolute Gasteiger partial charge is 0.244 e. The molecule has 1 aliphatic carbocycles. The van der Waals surface area contributed by atoms with Crippen molar-refractivity contribution in [3.05, 3.63) is 63.6 Å². The number of carbonyl (C=O) groups is 2. The lowest BCUT2D eigenvalue weighted by Gasteiger charge is -2.33. The van der Waals surface area contributed by atoms with Crippen LogP contribution in [-0.2, 0) is 26.2 Å². The lowest BCUT2D eigenvalue weighted by Crippen LogP contribution is -2.52. The van der Waals surface area contributed by atoms with Crippen LogP contribution in [0.25, 0.3) is 0 Å². The Kier molecular flexibility index (Phi) is 10.5. The molecule has 3 rings (SSSR count). The average molecular weight is 583 g/mol. The summed E-state index contributed by atoms with van der Waals surface area (Å²) in [7, 11) is -3.79. The van der Waals surface area contributed by atoms with Gasteiger partial charge >= 0.3 is 0 Å². The van der Waals surface area contributed by atoms with Crippen LogP contribution in [0.2, 0.25) is 10.0 Å². The van der Waals surface area contributed by atoms with Crippen LogP contribution in [0.15, 0.2) is 42.5 Å². The van der Waals surface area contributed by atoms with Gasteiger partial charge in [0.15, 0.2) is 0 Å². The Bertz CT molecular complexity index is 1230. The summed E-state index contributed by atoms with van der Waals surface area (Å²) in [5, 5.41) is 3.79. The van der Waals surface area contributed by atoms with Crippen LogP contribution in [0.5, 0.6) is 0 Å². The number of hydrogen-bond acceptors (Lipinski definition) is 4. The van der Waals surface area contributed by atoms with E-state index in [0.717, 1.165) is 48.2 Å². The van der Waals surface area contributed by atoms with Crippen LogP contribution in [-0.4, -0.2) is 50.0 Å². The maximum atomic E-state index is 13.7. The van der Waals surface area contributed by atoms with Gasteiger partial charge in [-0.1, -0.05) is 74.5 Å². The van der Waals surface area contributed by atoms with Gasteiger partial charge in [-0.3, -0.25) is 13.9 Å². The number of carbonyl (C=O) groups excluding carboxylic acids is 2. The van der Waals surface area contributed by atoms with Crippen molar-refractivity contribution >= 4 is 50.7 Å². The predicted molar refractivity (Wildman–Crippen MR) is 154 cm³/mol. The van der Waals surface area contributed by atoms with Crippen LogP contribution in [0, 0.1) is 0 Å². The summed E-state index contributed by atoms with van der Waals surface area (Å²) in [6, 6.07) is 11.4. The van der Waals surface area contributed by atoms with Crippen molar-refractivity contribution in [2.45, 2.75) is 77.4 Å². The molecule has 1 aliphatic rings. The van der Waals surface area contributed by atoms with Crippen molar-refractivity contribution in [1.82, 2.24) is 10.2 Å². The first-order chi connectivity index (χ1) is 17.9. The number of sulfonamides is 1. The lowest BCUT2D eigenvalue weighted by atomic mass is 9.95. The first kappa shape index (κ1) is 30.3. The first-order valence-electron chi connectivity index (χ1n) is 13.0. The van der Waals surface area contributed by atoms with Gasteiger partial charge in [0.25, 0.3) is 0 Å². The number of halogens is 2. The van der Waals surface area contributed by atoms with Gasteiger partial charge in [0.05, 0.1) is 22.0 Å². The molecular weight excluding hydrogens is 545 g/mol. The molecule has 0 heterocycles. The summed E-state index contributed by atoms with van der Waals surface area (Å²) < 4.78 is 26.6. The average Bonchev–Trinajstić information content (AvgIpc) is 2.87. The van der Waals surface area contributed by atoms with Gasteiger partial charge in [-0.05, 0) is 61.1 Å². The van der Waals surface area contributed by atoms with E-state index in [2.05, 4.69) is 5.32 Å².